The lowest BCUT2D eigenvalue weighted by Crippen LogP contribution is -2.37. The minimum atomic E-state index is 0.589. The number of hydrogen-bond donors (Lipinski definition) is 1. The molecule has 2 aliphatic heterocycles. The zero-order chi connectivity index (χ0) is 16.1. The Morgan fingerprint density at radius 1 is 1.30 bits per heavy atom. The number of methoxy groups -OCH3 is 1. The summed E-state index contributed by atoms with van der Waals surface area (Å²) < 4.78 is 17.4. The van der Waals surface area contributed by atoms with Gasteiger partial charge in [-0.15, -0.1) is 0 Å². The summed E-state index contributed by atoms with van der Waals surface area (Å²) in [5.74, 6) is 1.27. The summed E-state index contributed by atoms with van der Waals surface area (Å²) in [6.45, 7) is 5.84. The van der Waals surface area contributed by atoms with Crippen LogP contribution < -0.4 is 14.8 Å². The number of nitrogens with one attached hydrogen (secondary N) is 1. The van der Waals surface area contributed by atoms with Gasteiger partial charge >= 0.3 is 0 Å². The molecule has 23 heavy (non-hydrogen) atoms. The molecule has 1 aromatic carbocycles. The van der Waals surface area contributed by atoms with E-state index >= 15 is 0 Å². The van der Waals surface area contributed by atoms with Gasteiger partial charge in [-0.2, -0.15) is 0 Å². The molecule has 0 amide bonds. The number of fused-ring (bicyclic) bond motifs is 1. The summed E-state index contributed by atoms with van der Waals surface area (Å²) in [6.07, 6.45) is 2.35. The molecular formula is C16H23N3O4. The average Bonchev–Trinajstić information content (AvgIpc) is 2.59. The second-order valence-corrected chi connectivity index (χ2v) is 5.62. The van der Waals surface area contributed by atoms with E-state index in [1.807, 2.05) is 6.07 Å². The Kier molecular flexibility index (Phi) is 5.19. The van der Waals surface area contributed by atoms with Crippen LogP contribution in [0.15, 0.2) is 12.1 Å². The van der Waals surface area contributed by atoms with Crippen molar-refractivity contribution >= 4 is 12.0 Å². The van der Waals surface area contributed by atoms with Crippen molar-refractivity contribution in [2.45, 2.75) is 13.0 Å². The lowest BCUT2D eigenvalue weighted by Gasteiger charge is -2.26. The molecule has 0 spiro atoms. The Balaban J connectivity index is 1.57. The zero-order valence-corrected chi connectivity index (χ0v) is 13.4. The SMILES string of the molecule is COc1cc2c(cc1OCCCN1CCOCC1)CNC=[N+]2[O-]. The Labute approximate surface area is 136 Å². The first kappa shape index (κ1) is 15.9. The molecule has 3 rings (SSSR count). The van der Waals surface area contributed by atoms with Gasteiger partial charge in [-0.05, 0) is 12.5 Å². The maximum atomic E-state index is 11.8. The van der Waals surface area contributed by atoms with Gasteiger partial charge in [0.05, 0.1) is 26.9 Å². The highest BCUT2D eigenvalue weighted by molar-refractivity contribution is 5.61. The van der Waals surface area contributed by atoms with Crippen molar-refractivity contribution in [3.63, 3.8) is 0 Å². The molecule has 1 saturated heterocycles. The summed E-state index contributed by atoms with van der Waals surface area (Å²) in [6, 6.07) is 3.62. The minimum absolute atomic E-state index is 0.589. The van der Waals surface area contributed by atoms with E-state index in [4.69, 9.17) is 14.2 Å². The van der Waals surface area contributed by atoms with Crippen molar-refractivity contribution in [1.82, 2.24) is 10.2 Å². The number of rotatable bonds is 6. The predicted molar refractivity (Wildman–Crippen MR) is 86.6 cm³/mol. The molecule has 7 nitrogen and oxygen atoms in total. The normalized spacial score (nSPS) is 17.9. The van der Waals surface area contributed by atoms with E-state index < -0.39 is 0 Å². The molecule has 7 heteroatoms. The summed E-state index contributed by atoms with van der Waals surface area (Å²) >= 11 is 0. The van der Waals surface area contributed by atoms with Crippen LogP contribution in [0, 0.1) is 5.21 Å². The van der Waals surface area contributed by atoms with Crippen molar-refractivity contribution in [2.24, 2.45) is 0 Å². The standard InChI is InChI=1S/C16H23N3O4/c1-21-15-10-14-13(11-17-12-19(14)20)9-16(15)23-6-2-3-18-4-7-22-8-5-18/h9-10,12,17H,2-8,11H2,1H3. The second-order valence-electron chi connectivity index (χ2n) is 5.62. The molecule has 1 aromatic rings. The average molecular weight is 321 g/mol. The molecule has 2 aliphatic rings. The van der Waals surface area contributed by atoms with Crippen LogP contribution in [0.25, 0.3) is 0 Å². The highest BCUT2D eigenvalue weighted by Gasteiger charge is 2.18. The summed E-state index contributed by atoms with van der Waals surface area (Å²) in [4.78, 5) is 2.38. The van der Waals surface area contributed by atoms with Crippen LogP contribution in [0.1, 0.15) is 12.0 Å². The van der Waals surface area contributed by atoms with Crippen LogP contribution in [-0.2, 0) is 11.3 Å². The third-order valence-corrected chi connectivity index (χ3v) is 4.08. The van der Waals surface area contributed by atoms with Crippen LogP contribution in [0.2, 0.25) is 0 Å². The van der Waals surface area contributed by atoms with Gasteiger partial charge in [-0.25, -0.2) is 4.74 Å². The number of ether oxygens (including phenoxy) is 3. The fourth-order valence-electron chi connectivity index (χ4n) is 2.81. The predicted octanol–water partition coefficient (Wildman–Crippen LogP) is 1.07. The molecule has 1 fully saturated rings. The van der Waals surface area contributed by atoms with Crippen molar-refractivity contribution in [3.05, 3.63) is 22.9 Å². The molecular weight excluding hydrogens is 298 g/mol. The van der Waals surface area contributed by atoms with E-state index in [0.717, 1.165) is 49.6 Å². The number of morpholine rings is 1. The van der Waals surface area contributed by atoms with Gasteiger partial charge in [0.2, 0.25) is 6.34 Å². The number of benzene rings is 1. The van der Waals surface area contributed by atoms with Crippen LogP contribution in [0.4, 0.5) is 5.69 Å². The van der Waals surface area contributed by atoms with E-state index in [1.54, 1.807) is 13.2 Å². The van der Waals surface area contributed by atoms with Gasteiger partial charge in [0.25, 0.3) is 0 Å². The largest absolute Gasteiger partial charge is 0.711 e. The molecule has 0 aliphatic carbocycles. The molecule has 1 N–H and O–H groups in total. The lowest BCUT2D eigenvalue weighted by molar-refractivity contribution is -0.360. The van der Waals surface area contributed by atoms with Crippen LogP contribution >= 0.6 is 0 Å². The van der Waals surface area contributed by atoms with Crippen molar-refractivity contribution in [1.29, 1.82) is 0 Å². The molecule has 2 heterocycles. The zero-order valence-electron chi connectivity index (χ0n) is 13.4. The topological polar surface area (TPSA) is 69.0 Å². The first-order valence-electron chi connectivity index (χ1n) is 7.95. The Bertz CT molecular complexity index is 571. The highest BCUT2D eigenvalue weighted by Crippen LogP contribution is 2.35. The Hall–Kier alpha value is -1.99. The van der Waals surface area contributed by atoms with Gasteiger partial charge < -0.3 is 19.4 Å². The van der Waals surface area contributed by atoms with E-state index in [1.165, 1.54) is 6.34 Å². The maximum Gasteiger partial charge on any atom is 0.240 e. The summed E-state index contributed by atoms with van der Waals surface area (Å²) in [5, 5.41) is 14.7. The fraction of sp³-hybridized carbons (Fsp3) is 0.562. The molecule has 0 saturated carbocycles. The van der Waals surface area contributed by atoms with Crippen LogP contribution in [0.3, 0.4) is 0 Å². The van der Waals surface area contributed by atoms with Gasteiger partial charge in [-0.3, -0.25) is 10.2 Å². The maximum absolute atomic E-state index is 11.8. The third-order valence-electron chi connectivity index (χ3n) is 4.08. The monoisotopic (exact) mass is 321 g/mol. The van der Waals surface area contributed by atoms with Crippen molar-refractivity contribution in [3.8, 4) is 11.5 Å². The van der Waals surface area contributed by atoms with Crippen LogP contribution in [0.5, 0.6) is 11.5 Å². The second kappa shape index (κ2) is 7.52. The van der Waals surface area contributed by atoms with Gasteiger partial charge in [0.15, 0.2) is 11.5 Å². The smallest absolute Gasteiger partial charge is 0.240 e. The number of hydrogen-bond acceptors (Lipinski definition) is 6. The summed E-state index contributed by atoms with van der Waals surface area (Å²) in [5.41, 5.74) is 1.51. The van der Waals surface area contributed by atoms with E-state index in [9.17, 15) is 5.21 Å². The lowest BCUT2D eigenvalue weighted by atomic mass is 10.1. The minimum Gasteiger partial charge on any atom is -0.711 e. The Morgan fingerprint density at radius 3 is 2.91 bits per heavy atom. The molecule has 0 unspecified atom stereocenters. The molecule has 126 valence electrons. The highest BCUT2D eigenvalue weighted by atomic mass is 16.5. The number of nitrogens with zero attached hydrogens (tertiary/aromatic N) is 2. The Morgan fingerprint density at radius 2 is 2.13 bits per heavy atom. The van der Waals surface area contributed by atoms with Gasteiger partial charge in [0.1, 0.15) is 12.2 Å². The molecule has 0 atom stereocenters. The van der Waals surface area contributed by atoms with Gasteiger partial charge in [-0.1, -0.05) is 0 Å². The first-order chi connectivity index (χ1) is 11.3. The van der Waals surface area contributed by atoms with E-state index in [-0.39, 0.29) is 0 Å². The first-order valence-corrected chi connectivity index (χ1v) is 7.95. The van der Waals surface area contributed by atoms with Gasteiger partial charge in [0, 0.05) is 31.3 Å². The molecule has 0 bridgehead atoms. The third kappa shape index (κ3) is 3.86. The summed E-state index contributed by atoms with van der Waals surface area (Å²) in [7, 11) is 1.59. The fourth-order valence-corrected chi connectivity index (χ4v) is 2.81. The van der Waals surface area contributed by atoms with E-state index in [0.29, 0.717) is 30.3 Å². The molecule has 0 aromatic heterocycles. The van der Waals surface area contributed by atoms with Crippen LogP contribution in [-0.4, -0.2) is 62.5 Å². The van der Waals surface area contributed by atoms with Crippen molar-refractivity contribution < 1.29 is 18.9 Å². The van der Waals surface area contributed by atoms with Crippen molar-refractivity contribution in [2.75, 3.05) is 46.6 Å². The van der Waals surface area contributed by atoms with E-state index in [2.05, 4.69) is 10.2 Å². The molecule has 0 radical (unpaired) electrons. The quantitative estimate of drug-likeness (QED) is 0.480.